The molecule has 3 N–H and O–H groups in total. The van der Waals surface area contributed by atoms with Crippen LogP contribution in [0.25, 0.3) is 22.2 Å². The number of nitrogens with two attached hydrogens (primary N) is 1. The zero-order valence-corrected chi connectivity index (χ0v) is 17.1. The van der Waals surface area contributed by atoms with Gasteiger partial charge in [-0.2, -0.15) is 0 Å². The Balaban J connectivity index is 1.66. The van der Waals surface area contributed by atoms with Gasteiger partial charge in [0.25, 0.3) is 5.91 Å². The van der Waals surface area contributed by atoms with E-state index in [1.54, 1.807) is 0 Å². The Labute approximate surface area is 171 Å². The van der Waals surface area contributed by atoms with Crippen LogP contribution in [0.3, 0.4) is 0 Å². The first-order valence-electron chi connectivity index (χ1n) is 10.7. The summed E-state index contributed by atoms with van der Waals surface area (Å²) in [5.74, 6) is 0.293. The highest BCUT2D eigenvalue weighted by atomic mass is 16.1. The van der Waals surface area contributed by atoms with Crippen LogP contribution >= 0.6 is 0 Å². The maximum atomic E-state index is 13.1. The lowest BCUT2D eigenvalue weighted by Crippen LogP contribution is -2.26. The second-order valence-corrected chi connectivity index (χ2v) is 7.76. The normalized spacial score (nSPS) is 14.3. The Morgan fingerprint density at radius 1 is 1.21 bits per heavy atom. The molecular formula is C23H29N5O. The number of hydrogen-bond acceptors (Lipinski definition) is 4. The molecule has 0 atom stereocenters. The Bertz CT molecular complexity index is 1070. The van der Waals surface area contributed by atoms with Gasteiger partial charge in [0, 0.05) is 13.1 Å². The van der Waals surface area contributed by atoms with Crippen molar-refractivity contribution in [3.63, 3.8) is 0 Å². The number of fused-ring (bicyclic) bond motifs is 2. The SMILES string of the molecule is CCCCn1c(N)c(C(=O)NCCC2=CCCCC2)c2nc3ccccc3nc21. The summed E-state index contributed by atoms with van der Waals surface area (Å²) in [6.07, 6.45) is 10.0. The molecule has 4 rings (SSSR count). The number of allylic oxidation sites excluding steroid dienone is 1. The molecule has 0 radical (unpaired) electrons. The highest BCUT2D eigenvalue weighted by Crippen LogP contribution is 2.28. The van der Waals surface area contributed by atoms with Gasteiger partial charge in [-0.1, -0.05) is 37.1 Å². The van der Waals surface area contributed by atoms with E-state index in [4.69, 9.17) is 15.7 Å². The number of amides is 1. The Kier molecular flexibility index (Phi) is 5.79. The summed E-state index contributed by atoms with van der Waals surface area (Å²) in [6, 6.07) is 7.72. The fourth-order valence-electron chi connectivity index (χ4n) is 4.04. The van der Waals surface area contributed by atoms with E-state index in [0.29, 0.717) is 29.1 Å². The third-order valence-corrected chi connectivity index (χ3v) is 5.67. The van der Waals surface area contributed by atoms with E-state index in [-0.39, 0.29) is 5.91 Å². The topological polar surface area (TPSA) is 85.8 Å². The number of nitrogen functional groups attached to an aromatic ring is 1. The van der Waals surface area contributed by atoms with Gasteiger partial charge in [-0.3, -0.25) is 4.79 Å². The predicted molar refractivity (Wildman–Crippen MR) is 118 cm³/mol. The molecule has 152 valence electrons. The largest absolute Gasteiger partial charge is 0.384 e. The van der Waals surface area contributed by atoms with Crippen molar-refractivity contribution in [2.45, 2.75) is 58.4 Å². The Morgan fingerprint density at radius 2 is 2.00 bits per heavy atom. The van der Waals surface area contributed by atoms with Crippen LogP contribution in [0.5, 0.6) is 0 Å². The van der Waals surface area contributed by atoms with Crippen molar-refractivity contribution in [1.82, 2.24) is 19.9 Å². The quantitative estimate of drug-likeness (QED) is 0.577. The number of benzene rings is 1. The number of nitrogens with one attached hydrogen (secondary N) is 1. The fourth-order valence-corrected chi connectivity index (χ4v) is 4.04. The molecule has 1 amide bonds. The molecule has 0 unspecified atom stereocenters. The standard InChI is InChI=1S/C23H29N5O/c1-2-3-15-28-21(24)19(23(29)25-14-13-16-9-5-4-6-10-16)20-22(28)27-18-12-8-7-11-17(18)26-20/h7-9,11-12H,2-6,10,13-15,24H2,1H3,(H,25,29). The van der Waals surface area contributed by atoms with Gasteiger partial charge in [0.15, 0.2) is 5.65 Å². The van der Waals surface area contributed by atoms with Crippen LogP contribution < -0.4 is 11.1 Å². The number of nitrogens with zero attached hydrogens (tertiary/aromatic N) is 3. The van der Waals surface area contributed by atoms with Gasteiger partial charge in [0.1, 0.15) is 16.9 Å². The maximum Gasteiger partial charge on any atom is 0.257 e. The molecule has 29 heavy (non-hydrogen) atoms. The van der Waals surface area contributed by atoms with Crippen molar-refractivity contribution in [3.05, 3.63) is 41.5 Å². The van der Waals surface area contributed by atoms with E-state index >= 15 is 0 Å². The molecule has 0 aliphatic heterocycles. The summed E-state index contributed by atoms with van der Waals surface area (Å²) in [7, 11) is 0. The lowest BCUT2D eigenvalue weighted by Gasteiger charge is -2.13. The zero-order chi connectivity index (χ0) is 20.2. The summed E-state index contributed by atoms with van der Waals surface area (Å²) < 4.78 is 1.94. The van der Waals surface area contributed by atoms with Crippen LogP contribution in [0.4, 0.5) is 5.82 Å². The highest BCUT2D eigenvalue weighted by molar-refractivity contribution is 6.10. The second-order valence-electron chi connectivity index (χ2n) is 7.76. The summed E-state index contributed by atoms with van der Waals surface area (Å²) in [5.41, 5.74) is 11.2. The maximum absolute atomic E-state index is 13.1. The predicted octanol–water partition coefficient (Wildman–Crippen LogP) is 4.59. The van der Waals surface area contributed by atoms with Crippen LogP contribution in [0.1, 0.15) is 62.2 Å². The van der Waals surface area contributed by atoms with Gasteiger partial charge >= 0.3 is 0 Å². The average molecular weight is 392 g/mol. The van der Waals surface area contributed by atoms with Crippen molar-refractivity contribution in [3.8, 4) is 0 Å². The molecule has 6 heteroatoms. The van der Waals surface area contributed by atoms with Crippen molar-refractivity contribution in [2.75, 3.05) is 12.3 Å². The van der Waals surface area contributed by atoms with Crippen molar-refractivity contribution >= 4 is 33.9 Å². The Hall–Kier alpha value is -2.89. The molecule has 2 aromatic heterocycles. The number of anilines is 1. The van der Waals surface area contributed by atoms with E-state index < -0.39 is 0 Å². The van der Waals surface area contributed by atoms with Gasteiger partial charge in [0.05, 0.1) is 11.0 Å². The lowest BCUT2D eigenvalue weighted by molar-refractivity contribution is 0.0956. The molecule has 0 saturated heterocycles. The van der Waals surface area contributed by atoms with Crippen LogP contribution in [0.15, 0.2) is 35.9 Å². The summed E-state index contributed by atoms with van der Waals surface area (Å²) >= 11 is 0. The molecule has 0 spiro atoms. The monoisotopic (exact) mass is 391 g/mol. The fraction of sp³-hybridized carbons (Fsp3) is 0.435. The number of para-hydroxylation sites is 2. The minimum atomic E-state index is -0.163. The van der Waals surface area contributed by atoms with E-state index in [2.05, 4.69) is 18.3 Å². The number of carbonyl (C=O) groups is 1. The van der Waals surface area contributed by atoms with Gasteiger partial charge in [-0.25, -0.2) is 9.97 Å². The summed E-state index contributed by atoms with van der Waals surface area (Å²) in [5, 5.41) is 3.06. The molecule has 1 aliphatic carbocycles. The minimum Gasteiger partial charge on any atom is -0.384 e. The molecule has 2 heterocycles. The van der Waals surface area contributed by atoms with Gasteiger partial charge < -0.3 is 15.6 Å². The number of aryl methyl sites for hydroxylation is 1. The van der Waals surface area contributed by atoms with E-state index in [1.807, 2.05) is 28.8 Å². The first-order valence-corrected chi connectivity index (χ1v) is 10.7. The molecule has 0 fully saturated rings. The number of unbranched alkanes of at least 4 members (excludes halogenated alkanes) is 1. The van der Waals surface area contributed by atoms with Crippen molar-refractivity contribution in [2.24, 2.45) is 0 Å². The molecule has 3 aromatic rings. The molecule has 1 aliphatic rings. The van der Waals surface area contributed by atoms with Crippen LogP contribution in [-0.2, 0) is 6.54 Å². The third-order valence-electron chi connectivity index (χ3n) is 5.67. The molecule has 0 bridgehead atoms. The van der Waals surface area contributed by atoms with E-state index in [1.165, 1.54) is 18.4 Å². The third kappa shape index (κ3) is 3.97. The molecule has 0 saturated carbocycles. The highest BCUT2D eigenvalue weighted by Gasteiger charge is 2.23. The van der Waals surface area contributed by atoms with E-state index in [0.717, 1.165) is 49.7 Å². The van der Waals surface area contributed by atoms with E-state index in [9.17, 15) is 4.79 Å². The minimum absolute atomic E-state index is 0.163. The Morgan fingerprint density at radius 3 is 2.72 bits per heavy atom. The number of rotatable bonds is 7. The average Bonchev–Trinajstić information content (AvgIpc) is 3.01. The number of aromatic nitrogens is 3. The number of hydrogen-bond donors (Lipinski definition) is 2. The van der Waals surface area contributed by atoms with Crippen molar-refractivity contribution < 1.29 is 4.79 Å². The summed E-state index contributed by atoms with van der Waals surface area (Å²) in [4.78, 5) is 22.6. The smallest absolute Gasteiger partial charge is 0.257 e. The van der Waals surface area contributed by atoms with Gasteiger partial charge in [-0.05, 0) is 50.7 Å². The molecular weight excluding hydrogens is 362 g/mol. The van der Waals surface area contributed by atoms with Crippen molar-refractivity contribution in [1.29, 1.82) is 0 Å². The van der Waals surface area contributed by atoms with Gasteiger partial charge in [-0.15, -0.1) is 0 Å². The number of carbonyl (C=O) groups excluding carboxylic acids is 1. The summed E-state index contributed by atoms with van der Waals surface area (Å²) in [6.45, 7) is 3.48. The lowest BCUT2D eigenvalue weighted by atomic mass is 9.97. The first kappa shape index (κ1) is 19.4. The van der Waals surface area contributed by atoms with Crippen LogP contribution in [0, 0.1) is 0 Å². The second kappa shape index (κ2) is 8.64. The first-order chi connectivity index (χ1) is 14.2. The molecule has 6 nitrogen and oxygen atoms in total. The van der Waals surface area contributed by atoms with Gasteiger partial charge in [0.2, 0.25) is 0 Å². The van der Waals surface area contributed by atoms with Crippen LogP contribution in [0.2, 0.25) is 0 Å². The van der Waals surface area contributed by atoms with Crippen LogP contribution in [-0.4, -0.2) is 27.0 Å². The molecule has 1 aromatic carbocycles. The zero-order valence-electron chi connectivity index (χ0n) is 17.1.